The Hall–Kier alpha value is -4.06. The molecule has 0 radical (unpaired) electrons. The summed E-state index contributed by atoms with van der Waals surface area (Å²) in [5, 5.41) is 5.27. The Kier molecular flexibility index (Phi) is 4.22. The lowest BCUT2D eigenvalue weighted by Crippen LogP contribution is -1.94. The highest BCUT2D eigenvalue weighted by molar-refractivity contribution is 5.95. The third kappa shape index (κ3) is 3.21. The molecule has 0 N–H and O–H groups in total. The van der Waals surface area contributed by atoms with Gasteiger partial charge in [0.15, 0.2) is 0 Å². The smallest absolute Gasteiger partial charge is 0.212 e. The van der Waals surface area contributed by atoms with Crippen molar-refractivity contribution in [3.8, 4) is 34.0 Å². The maximum Gasteiger partial charge on any atom is 0.212 e. The molecule has 0 aliphatic heterocycles. The lowest BCUT2D eigenvalue weighted by atomic mass is 10.0. The molecular formula is C23H17N5O. The fourth-order valence-corrected chi connectivity index (χ4v) is 3.33. The molecule has 6 nitrogen and oxygen atoms in total. The highest BCUT2D eigenvalue weighted by atomic mass is 16.5. The second kappa shape index (κ2) is 7.16. The van der Waals surface area contributed by atoms with E-state index in [2.05, 4.69) is 38.2 Å². The van der Waals surface area contributed by atoms with Crippen LogP contribution in [0.15, 0.2) is 85.6 Å². The van der Waals surface area contributed by atoms with Gasteiger partial charge < -0.3 is 4.74 Å². The SMILES string of the molecule is COc1ccc(-c2ccc3ncnc(-c4ccc(-n5cccn5)cc4)c3c2)cn1. The third-order valence-corrected chi connectivity index (χ3v) is 4.82. The summed E-state index contributed by atoms with van der Waals surface area (Å²) in [6.07, 6.45) is 7.10. The topological polar surface area (TPSA) is 65.7 Å². The molecule has 3 heterocycles. The minimum Gasteiger partial charge on any atom is -0.481 e. The Morgan fingerprint density at radius 1 is 0.828 bits per heavy atom. The predicted molar refractivity (Wildman–Crippen MR) is 112 cm³/mol. The molecule has 5 rings (SSSR count). The van der Waals surface area contributed by atoms with Gasteiger partial charge in [-0.25, -0.2) is 19.6 Å². The average Bonchev–Trinajstić information content (AvgIpc) is 3.33. The van der Waals surface area contributed by atoms with Gasteiger partial charge in [-0.05, 0) is 42.0 Å². The number of benzene rings is 2. The lowest BCUT2D eigenvalue weighted by Gasteiger charge is -2.09. The van der Waals surface area contributed by atoms with E-state index >= 15 is 0 Å². The van der Waals surface area contributed by atoms with E-state index in [9.17, 15) is 0 Å². The van der Waals surface area contributed by atoms with Crippen molar-refractivity contribution in [1.29, 1.82) is 0 Å². The predicted octanol–water partition coefficient (Wildman–Crippen LogP) is 4.55. The van der Waals surface area contributed by atoms with Crippen LogP contribution in [0.2, 0.25) is 0 Å². The number of methoxy groups -OCH3 is 1. The Labute approximate surface area is 167 Å². The highest BCUT2D eigenvalue weighted by Gasteiger charge is 2.09. The van der Waals surface area contributed by atoms with Crippen LogP contribution in [0.1, 0.15) is 0 Å². The molecule has 5 aromatic rings. The fourth-order valence-electron chi connectivity index (χ4n) is 3.33. The Bertz CT molecular complexity index is 1260. The van der Waals surface area contributed by atoms with Crippen molar-refractivity contribution >= 4 is 10.9 Å². The first-order chi connectivity index (χ1) is 14.3. The van der Waals surface area contributed by atoms with E-state index in [0.717, 1.165) is 39.0 Å². The molecule has 0 unspecified atom stereocenters. The summed E-state index contributed by atoms with van der Waals surface area (Å²) in [5.41, 5.74) is 5.88. The molecule has 6 heteroatoms. The van der Waals surface area contributed by atoms with E-state index in [0.29, 0.717) is 5.88 Å². The van der Waals surface area contributed by atoms with Gasteiger partial charge in [-0.15, -0.1) is 0 Å². The lowest BCUT2D eigenvalue weighted by molar-refractivity contribution is 0.398. The van der Waals surface area contributed by atoms with E-state index < -0.39 is 0 Å². The molecule has 0 atom stereocenters. The second-order valence-corrected chi connectivity index (χ2v) is 6.54. The van der Waals surface area contributed by atoms with Gasteiger partial charge in [-0.1, -0.05) is 18.2 Å². The van der Waals surface area contributed by atoms with Crippen LogP contribution in [-0.2, 0) is 0 Å². The minimum atomic E-state index is 0.593. The average molecular weight is 379 g/mol. The Morgan fingerprint density at radius 2 is 1.66 bits per heavy atom. The summed E-state index contributed by atoms with van der Waals surface area (Å²) in [5.74, 6) is 0.593. The van der Waals surface area contributed by atoms with E-state index in [4.69, 9.17) is 4.74 Å². The van der Waals surface area contributed by atoms with Gasteiger partial charge >= 0.3 is 0 Å². The van der Waals surface area contributed by atoms with Crippen molar-refractivity contribution < 1.29 is 4.74 Å². The zero-order valence-electron chi connectivity index (χ0n) is 15.7. The van der Waals surface area contributed by atoms with Gasteiger partial charge in [-0.2, -0.15) is 5.10 Å². The van der Waals surface area contributed by atoms with Crippen LogP contribution in [-0.4, -0.2) is 31.8 Å². The van der Waals surface area contributed by atoms with Gasteiger partial charge in [0.2, 0.25) is 5.88 Å². The van der Waals surface area contributed by atoms with Crippen molar-refractivity contribution in [3.05, 3.63) is 85.6 Å². The molecule has 0 spiro atoms. The normalized spacial score (nSPS) is 10.9. The molecule has 0 bridgehead atoms. The number of hydrogen-bond donors (Lipinski definition) is 0. The highest BCUT2D eigenvalue weighted by Crippen LogP contribution is 2.30. The summed E-state index contributed by atoms with van der Waals surface area (Å²) < 4.78 is 6.98. The molecule has 0 saturated carbocycles. The zero-order chi connectivity index (χ0) is 19.6. The number of nitrogens with zero attached hydrogens (tertiary/aromatic N) is 5. The monoisotopic (exact) mass is 379 g/mol. The number of pyridine rings is 1. The number of hydrogen-bond acceptors (Lipinski definition) is 5. The molecule has 2 aromatic carbocycles. The van der Waals surface area contributed by atoms with Crippen molar-refractivity contribution in [3.63, 3.8) is 0 Å². The first kappa shape index (κ1) is 17.1. The maximum atomic E-state index is 5.15. The molecule has 140 valence electrons. The number of rotatable bonds is 4. The zero-order valence-corrected chi connectivity index (χ0v) is 15.7. The number of aromatic nitrogens is 5. The van der Waals surface area contributed by atoms with Crippen molar-refractivity contribution in [2.45, 2.75) is 0 Å². The summed E-state index contributed by atoms with van der Waals surface area (Å²) in [6, 6.07) is 20.1. The minimum absolute atomic E-state index is 0.593. The van der Waals surface area contributed by atoms with E-state index in [1.54, 1.807) is 19.6 Å². The second-order valence-electron chi connectivity index (χ2n) is 6.54. The molecule has 0 aliphatic carbocycles. The maximum absolute atomic E-state index is 5.15. The number of fused-ring (bicyclic) bond motifs is 1. The Morgan fingerprint density at radius 3 is 2.38 bits per heavy atom. The molecule has 0 fully saturated rings. The summed E-state index contributed by atoms with van der Waals surface area (Å²) >= 11 is 0. The molecule has 0 saturated heterocycles. The van der Waals surface area contributed by atoms with Crippen molar-refractivity contribution in [2.75, 3.05) is 7.11 Å². The van der Waals surface area contributed by atoms with Crippen LogP contribution >= 0.6 is 0 Å². The van der Waals surface area contributed by atoms with Gasteiger partial charge in [0.25, 0.3) is 0 Å². The largest absolute Gasteiger partial charge is 0.481 e. The first-order valence-electron chi connectivity index (χ1n) is 9.17. The van der Waals surface area contributed by atoms with Crippen LogP contribution in [0, 0.1) is 0 Å². The van der Waals surface area contributed by atoms with E-state index in [1.165, 1.54) is 0 Å². The molecule has 0 aliphatic rings. The third-order valence-electron chi connectivity index (χ3n) is 4.82. The van der Waals surface area contributed by atoms with Crippen LogP contribution in [0.5, 0.6) is 5.88 Å². The van der Waals surface area contributed by atoms with Gasteiger partial charge in [0.05, 0.1) is 24.0 Å². The summed E-state index contributed by atoms with van der Waals surface area (Å²) in [6.45, 7) is 0. The molecule has 0 amide bonds. The molecular weight excluding hydrogens is 362 g/mol. The van der Waals surface area contributed by atoms with Gasteiger partial charge in [-0.3, -0.25) is 0 Å². The van der Waals surface area contributed by atoms with Crippen molar-refractivity contribution in [2.24, 2.45) is 0 Å². The van der Waals surface area contributed by atoms with Crippen LogP contribution in [0.4, 0.5) is 0 Å². The van der Waals surface area contributed by atoms with Gasteiger partial charge in [0.1, 0.15) is 6.33 Å². The van der Waals surface area contributed by atoms with Crippen LogP contribution < -0.4 is 4.74 Å². The molecule has 3 aromatic heterocycles. The fraction of sp³-hybridized carbons (Fsp3) is 0.0435. The molecule has 29 heavy (non-hydrogen) atoms. The van der Waals surface area contributed by atoms with Crippen molar-refractivity contribution in [1.82, 2.24) is 24.7 Å². The quantitative estimate of drug-likeness (QED) is 0.458. The standard InChI is InChI=1S/C23H17N5O/c1-29-22-10-6-18(14-24-22)17-5-9-21-20(13-17)23(26-15-25-21)16-3-7-19(8-4-16)28-12-2-11-27-28/h2-15H,1H3. The van der Waals surface area contributed by atoms with Gasteiger partial charge in [0, 0.05) is 41.2 Å². The number of ether oxygens (including phenoxy) is 1. The van der Waals surface area contributed by atoms with E-state index in [-0.39, 0.29) is 0 Å². The van der Waals surface area contributed by atoms with Crippen LogP contribution in [0.3, 0.4) is 0 Å². The Balaban J connectivity index is 1.58. The summed E-state index contributed by atoms with van der Waals surface area (Å²) in [4.78, 5) is 13.3. The van der Waals surface area contributed by atoms with Crippen LogP contribution in [0.25, 0.3) is 39.0 Å². The van der Waals surface area contributed by atoms with E-state index in [1.807, 2.05) is 59.5 Å². The first-order valence-corrected chi connectivity index (χ1v) is 9.17. The summed E-state index contributed by atoms with van der Waals surface area (Å²) in [7, 11) is 1.61.